The summed E-state index contributed by atoms with van der Waals surface area (Å²) in [7, 11) is -3.33. The lowest BCUT2D eigenvalue weighted by molar-refractivity contribution is 0.291. The van der Waals surface area contributed by atoms with Crippen LogP contribution in [0.1, 0.15) is 53.9 Å². The predicted molar refractivity (Wildman–Crippen MR) is 97.7 cm³/mol. The van der Waals surface area contributed by atoms with Gasteiger partial charge in [0, 0.05) is 32.7 Å². The maximum absolute atomic E-state index is 13.1. The largest absolute Gasteiger partial charge is 0.302 e. The van der Waals surface area contributed by atoms with Crippen molar-refractivity contribution in [2.24, 2.45) is 11.8 Å². The van der Waals surface area contributed by atoms with Crippen LogP contribution in [0.25, 0.3) is 0 Å². The Balaban J connectivity index is 2.78. The number of hydrogen-bond acceptors (Lipinski definition) is 3. The first-order valence-corrected chi connectivity index (χ1v) is 10.6. The van der Waals surface area contributed by atoms with Gasteiger partial charge >= 0.3 is 0 Å². The summed E-state index contributed by atoms with van der Waals surface area (Å²) in [6, 6.07) is 0. The van der Waals surface area contributed by atoms with E-state index in [1.165, 1.54) is 0 Å². The molecule has 0 unspecified atom stereocenters. The Morgan fingerprint density at radius 2 is 1.48 bits per heavy atom. The summed E-state index contributed by atoms with van der Waals surface area (Å²) in [6.07, 6.45) is 2.77. The van der Waals surface area contributed by atoms with E-state index in [1.54, 1.807) is 8.61 Å². The molecule has 1 heterocycles. The molecule has 0 aromatic rings. The second kappa shape index (κ2) is 9.97. The molecule has 23 heavy (non-hydrogen) atoms. The number of rotatable bonds is 9. The third-order valence-electron chi connectivity index (χ3n) is 4.56. The van der Waals surface area contributed by atoms with Gasteiger partial charge in [-0.05, 0) is 44.2 Å². The standard InChI is InChI=1S/C17H37N3O2S/c1-6-18-10-7-11-19(15-14-18)23(21,22)20(12-8-16(2)3)13-9-17(4)5/h16-17H,6-15H2,1-5H3. The summed E-state index contributed by atoms with van der Waals surface area (Å²) in [5, 5.41) is 0. The van der Waals surface area contributed by atoms with E-state index in [0.29, 0.717) is 38.0 Å². The van der Waals surface area contributed by atoms with Crippen LogP contribution in [-0.2, 0) is 10.2 Å². The van der Waals surface area contributed by atoms with Gasteiger partial charge < -0.3 is 4.90 Å². The van der Waals surface area contributed by atoms with Gasteiger partial charge in [0.1, 0.15) is 0 Å². The third-order valence-corrected chi connectivity index (χ3v) is 6.59. The van der Waals surface area contributed by atoms with Gasteiger partial charge in [-0.3, -0.25) is 0 Å². The summed E-state index contributed by atoms with van der Waals surface area (Å²) in [5.74, 6) is 1.04. The Labute approximate surface area is 144 Å². The molecule has 1 fully saturated rings. The SMILES string of the molecule is CCN1CCCN(S(=O)(=O)N(CCC(C)C)CCC(C)C)CC1. The Bertz CT molecular complexity index is 412. The Kier molecular flexibility index (Phi) is 9.04. The van der Waals surface area contributed by atoms with Crippen LogP contribution in [0.15, 0.2) is 0 Å². The highest BCUT2D eigenvalue weighted by atomic mass is 32.2. The molecule has 1 aliphatic rings. The fourth-order valence-corrected chi connectivity index (χ4v) is 4.48. The first-order valence-electron chi connectivity index (χ1n) is 9.25. The minimum atomic E-state index is -3.33. The fourth-order valence-electron chi connectivity index (χ4n) is 2.80. The van der Waals surface area contributed by atoms with E-state index in [-0.39, 0.29) is 0 Å². The summed E-state index contributed by atoms with van der Waals surface area (Å²) in [6.45, 7) is 16.1. The van der Waals surface area contributed by atoms with Crippen LogP contribution in [0.2, 0.25) is 0 Å². The summed E-state index contributed by atoms with van der Waals surface area (Å²) in [5.41, 5.74) is 0. The minimum absolute atomic E-state index is 0.520. The zero-order valence-corrected chi connectivity index (χ0v) is 16.6. The van der Waals surface area contributed by atoms with E-state index in [2.05, 4.69) is 39.5 Å². The minimum Gasteiger partial charge on any atom is -0.302 e. The lowest BCUT2D eigenvalue weighted by atomic mass is 10.1. The quantitative estimate of drug-likeness (QED) is 0.644. The molecular formula is C17H37N3O2S. The first-order chi connectivity index (χ1) is 10.8. The molecule has 0 atom stereocenters. The maximum atomic E-state index is 13.1. The molecule has 0 aromatic carbocycles. The van der Waals surface area contributed by atoms with Crippen molar-refractivity contribution in [3.05, 3.63) is 0 Å². The number of nitrogens with zero attached hydrogens (tertiary/aromatic N) is 3. The summed E-state index contributed by atoms with van der Waals surface area (Å²) < 4.78 is 29.6. The second-order valence-corrected chi connectivity index (χ2v) is 9.39. The molecule has 0 amide bonds. The van der Waals surface area contributed by atoms with E-state index in [9.17, 15) is 8.42 Å². The zero-order chi connectivity index (χ0) is 17.5. The molecule has 1 rings (SSSR count). The van der Waals surface area contributed by atoms with Crippen molar-refractivity contribution in [3.8, 4) is 0 Å². The maximum Gasteiger partial charge on any atom is 0.282 e. The highest BCUT2D eigenvalue weighted by Gasteiger charge is 2.30. The van der Waals surface area contributed by atoms with E-state index >= 15 is 0 Å². The van der Waals surface area contributed by atoms with Gasteiger partial charge in [-0.2, -0.15) is 17.0 Å². The Morgan fingerprint density at radius 3 is 1.96 bits per heavy atom. The van der Waals surface area contributed by atoms with Crippen molar-refractivity contribution in [1.29, 1.82) is 0 Å². The molecule has 0 bridgehead atoms. The van der Waals surface area contributed by atoms with Crippen molar-refractivity contribution in [2.45, 2.75) is 53.9 Å². The average molecular weight is 348 g/mol. The molecular weight excluding hydrogens is 310 g/mol. The Morgan fingerprint density at radius 1 is 0.913 bits per heavy atom. The lowest BCUT2D eigenvalue weighted by Crippen LogP contribution is -2.46. The van der Waals surface area contributed by atoms with Crippen LogP contribution in [0.5, 0.6) is 0 Å². The molecule has 0 radical (unpaired) electrons. The first kappa shape index (κ1) is 20.9. The van der Waals surface area contributed by atoms with Gasteiger partial charge in [-0.25, -0.2) is 0 Å². The van der Waals surface area contributed by atoms with Crippen molar-refractivity contribution in [3.63, 3.8) is 0 Å². The number of likely N-dealkylation sites (N-methyl/N-ethyl adjacent to an activating group) is 1. The zero-order valence-electron chi connectivity index (χ0n) is 15.8. The highest BCUT2D eigenvalue weighted by molar-refractivity contribution is 7.86. The second-order valence-electron chi connectivity index (χ2n) is 7.46. The Hall–Kier alpha value is -0.170. The van der Waals surface area contributed by atoms with Crippen molar-refractivity contribution >= 4 is 10.2 Å². The van der Waals surface area contributed by atoms with E-state index in [0.717, 1.165) is 38.9 Å². The average Bonchev–Trinajstić information content (AvgIpc) is 2.72. The van der Waals surface area contributed by atoms with E-state index in [4.69, 9.17) is 0 Å². The fraction of sp³-hybridized carbons (Fsp3) is 1.00. The molecule has 5 nitrogen and oxygen atoms in total. The summed E-state index contributed by atoms with van der Waals surface area (Å²) in [4.78, 5) is 2.34. The third kappa shape index (κ3) is 7.08. The van der Waals surface area contributed by atoms with Crippen LogP contribution in [-0.4, -0.2) is 67.7 Å². The molecule has 0 N–H and O–H groups in total. The predicted octanol–water partition coefficient (Wildman–Crippen LogP) is 2.65. The highest BCUT2D eigenvalue weighted by Crippen LogP contribution is 2.16. The van der Waals surface area contributed by atoms with Gasteiger partial charge in [0.2, 0.25) is 0 Å². The molecule has 6 heteroatoms. The molecule has 0 aromatic heterocycles. The van der Waals surface area contributed by atoms with Crippen LogP contribution >= 0.6 is 0 Å². The lowest BCUT2D eigenvalue weighted by Gasteiger charge is -2.30. The van der Waals surface area contributed by atoms with Gasteiger partial charge in [0.05, 0.1) is 0 Å². The van der Waals surface area contributed by atoms with Crippen LogP contribution in [0, 0.1) is 11.8 Å². The van der Waals surface area contributed by atoms with E-state index < -0.39 is 10.2 Å². The van der Waals surface area contributed by atoms with Crippen LogP contribution in [0.3, 0.4) is 0 Å². The van der Waals surface area contributed by atoms with Gasteiger partial charge in [0.15, 0.2) is 0 Å². The van der Waals surface area contributed by atoms with Crippen molar-refractivity contribution in [1.82, 2.24) is 13.5 Å². The normalized spacial score (nSPS) is 19.0. The number of hydrogen-bond donors (Lipinski definition) is 0. The molecule has 138 valence electrons. The molecule has 1 saturated heterocycles. The van der Waals surface area contributed by atoms with Crippen LogP contribution in [0.4, 0.5) is 0 Å². The smallest absolute Gasteiger partial charge is 0.282 e. The van der Waals surface area contributed by atoms with Gasteiger partial charge in [0.25, 0.3) is 10.2 Å². The molecule has 0 saturated carbocycles. The van der Waals surface area contributed by atoms with Crippen LogP contribution < -0.4 is 0 Å². The molecule has 0 aliphatic carbocycles. The summed E-state index contributed by atoms with van der Waals surface area (Å²) >= 11 is 0. The van der Waals surface area contributed by atoms with Gasteiger partial charge in [-0.1, -0.05) is 34.6 Å². The monoisotopic (exact) mass is 347 g/mol. The molecule has 0 spiro atoms. The van der Waals surface area contributed by atoms with E-state index in [1.807, 2.05) is 0 Å². The van der Waals surface area contributed by atoms with Gasteiger partial charge in [-0.15, -0.1) is 0 Å². The van der Waals surface area contributed by atoms with Crippen molar-refractivity contribution < 1.29 is 8.42 Å². The van der Waals surface area contributed by atoms with Crippen molar-refractivity contribution in [2.75, 3.05) is 45.8 Å². The molecule has 1 aliphatic heterocycles. The topological polar surface area (TPSA) is 43.9 Å².